The van der Waals surface area contributed by atoms with Crippen molar-refractivity contribution in [2.75, 3.05) is 5.32 Å². The first-order valence-electron chi connectivity index (χ1n) is 6.57. The molecule has 1 aromatic carbocycles. The Morgan fingerprint density at radius 3 is 2.71 bits per heavy atom. The molecule has 112 valence electrons. The molecule has 0 aliphatic heterocycles. The lowest BCUT2D eigenvalue weighted by Gasteiger charge is -2.11. The molecule has 2 rings (SSSR count). The van der Waals surface area contributed by atoms with Crippen molar-refractivity contribution in [1.29, 1.82) is 0 Å². The number of carbonyl (C=O) groups is 1. The number of halogens is 2. The first-order valence-corrected chi connectivity index (χ1v) is 6.57. The van der Waals surface area contributed by atoms with E-state index >= 15 is 0 Å². The Hall–Kier alpha value is -2.24. The van der Waals surface area contributed by atoms with Gasteiger partial charge in [0, 0.05) is 5.69 Å². The summed E-state index contributed by atoms with van der Waals surface area (Å²) in [5.74, 6) is -0.381. The molecule has 2 aromatic rings. The van der Waals surface area contributed by atoms with Crippen molar-refractivity contribution in [3.63, 3.8) is 0 Å². The topological polar surface area (TPSA) is 46.9 Å². The average Bonchev–Trinajstić information content (AvgIpc) is 2.76. The summed E-state index contributed by atoms with van der Waals surface area (Å²) in [6.07, 6.45) is -2.65. The molecule has 4 nitrogen and oxygen atoms in total. The summed E-state index contributed by atoms with van der Waals surface area (Å²) in [5.41, 5.74) is 2.91. The average molecular weight is 293 g/mol. The van der Waals surface area contributed by atoms with E-state index in [1.807, 2.05) is 26.0 Å². The predicted molar refractivity (Wildman–Crippen MR) is 76.5 cm³/mol. The van der Waals surface area contributed by atoms with Crippen LogP contribution in [0.5, 0.6) is 0 Å². The van der Waals surface area contributed by atoms with E-state index in [2.05, 4.69) is 10.4 Å². The summed E-state index contributed by atoms with van der Waals surface area (Å²) in [6, 6.07) is 6.84. The molecule has 0 atom stereocenters. The monoisotopic (exact) mass is 293 g/mol. The standard InChI is InChI=1S/C15H17F2N3O/c1-9-5-4-6-12(11(9)3)18-14(21)8-20-13(15(16)17)7-10(2)19-20/h4-7,15H,8H2,1-3H3,(H,18,21). The summed E-state index contributed by atoms with van der Waals surface area (Å²) in [5, 5.41) is 6.66. The Morgan fingerprint density at radius 1 is 1.33 bits per heavy atom. The molecule has 0 aliphatic rings. The van der Waals surface area contributed by atoms with Crippen molar-refractivity contribution >= 4 is 11.6 Å². The molecule has 1 N–H and O–H groups in total. The number of nitrogens with one attached hydrogen (secondary N) is 1. The highest BCUT2D eigenvalue weighted by molar-refractivity contribution is 5.91. The zero-order valence-electron chi connectivity index (χ0n) is 12.2. The van der Waals surface area contributed by atoms with Crippen LogP contribution in [-0.4, -0.2) is 15.7 Å². The quantitative estimate of drug-likeness (QED) is 0.939. The highest BCUT2D eigenvalue weighted by atomic mass is 19.3. The van der Waals surface area contributed by atoms with Gasteiger partial charge in [0.1, 0.15) is 12.2 Å². The lowest BCUT2D eigenvalue weighted by atomic mass is 10.1. The normalized spacial score (nSPS) is 11.0. The van der Waals surface area contributed by atoms with Gasteiger partial charge in [-0.25, -0.2) is 8.78 Å². The van der Waals surface area contributed by atoms with Crippen LogP contribution in [0.15, 0.2) is 24.3 Å². The Labute approximate surface area is 121 Å². The van der Waals surface area contributed by atoms with Crippen LogP contribution in [0, 0.1) is 20.8 Å². The second-order valence-corrected chi connectivity index (χ2v) is 4.96. The first kappa shape index (κ1) is 15.2. The van der Waals surface area contributed by atoms with E-state index in [-0.39, 0.29) is 18.1 Å². The van der Waals surface area contributed by atoms with Crippen LogP contribution >= 0.6 is 0 Å². The van der Waals surface area contributed by atoms with Gasteiger partial charge in [-0.05, 0) is 44.0 Å². The number of benzene rings is 1. The number of amides is 1. The highest BCUT2D eigenvalue weighted by Crippen LogP contribution is 2.20. The van der Waals surface area contributed by atoms with Crippen molar-refractivity contribution in [2.24, 2.45) is 0 Å². The van der Waals surface area contributed by atoms with Crippen LogP contribution in [0.4, 0.5) is 14.5 Å². The van der Waals surface area contributed by atoms with Crippen molar-refractivity contribution in [3.8, 4) is 0 Å². The van der Waals surface area contributed by atoms with E-state index in [0.29, 0.717) is 11.4 Å². The SMILES string of the molecule is Cc1cc(C(F)F)n(CC(=O)Nc2cccc(C)c2C)n1. The van der Waals surface area contributed by atoms with Crippen LogP contribution < -0.4 is 5.32 Å². The van der Waals surface area contributed by atoms with Crippen LogP contribution in [0.2, 0.25) is 0 Å². The molecular weight excluding hydrogens is 276 g/mol. The molecule has 0 unspecified atom stereocenters. The number of aryl methyl sites for hydroxylation is 2. The van der Waals surface area contributed by atoms with Crippen molar-refractivity contribution < 1.29 is 13.6 Å². The molecule has 1 aromatic heterocycles. The van der Waals surface area contributed by atoms with E-state index in [4.69, 9.17) is 0 Å². The smallest absolute Gasteiger partial charge is 0.280 e. The number of hydrogen-bond donors (Lipinski definition) is 1. The van der Waals surface area contributed by atoms with Crippen molar-refractivity contribution in [1.82, 2.24) is 9.78 Å². The fourth-order valence-corrected chi connectivity index (χ4v) is 2.08. The van der Waals surface area contributed by atoms with Gasteiger partial charge in [0.25, 0.3) is 6.43 Å². The van der Waals surface area contributed by atoms with Gasteiger partial charge in [-0.3, -0.25) is 9.48 Å². The second kappa shape index (κ2) is 6.03. The zero-order chi connectivity index (χ0) is 15.6. The third-order valence-corrected chi connectivity index (χ3v) is 3.33. The molecule has 1 heterocycles. The highest BCUT2D eigenvalue weighted by Gasteiger charge is 2.17. The van der Waals surface area contributed by atoms with Gasteiger partial charge in [-0.1, -0.05) is 12.1 Å². The zero-order valence-corrected chi connectivity index (χ0v) is 12.2. The molecule has 21 heavy (non-hydrogen) atoms. The Bertz CT molecular complexity index is 665. The predicted octanol–water partition coefficient (Wildman–Crippen LogP) is 3.38. The van der Waals surface area contributed by atoms with Crippen LogP contribution in [0.25, 0.3) is 0 Å². The van der Waals surface area contributed by atoms with Crippen LogP contribution in [0.1, 0.15) is 28.9 Å². The summed E-state index contributed by atoms with van der Waals surface area (Å²) in [7, 11) is 0. The summed E-state index contributed by atoms with van der Waals surface area (Å²) >= 11 is 0. The minimum Gasteiger partial charge on any atom is -0.324 e. The summed E-state index contributed by atoms with van der Waals surface area (Å²) in [4.78, 5) is 12.0. The number of nitrogens with zero attached hydrogens (tertiary/aromatic N) is 2. The molecule has 1 amide bonds. The van der Waals surface area contributed by atoms with Crippen LogP contribution in [-0.2, 0) is 11.3 Å². The van der Waals surface area contributed by atoms with Crippen LogP contribution in [0.3, 0.4) is 0 Å². The Kier molecular flexibility index (Phi) is 4.35. The fraction of sp³-hybridized carbons (Fsp3) is 0.333. The molecule has 0 saturated heterocycles. The number of rotatable bonds is 4. The van der Waals surface area contributed by atoms with Gasteiger partial charge < -0.3 is 5.32 Å². The maximum absolute atomic E-state index is 12.8. The molecule has 6 heteroatoms. The van der Waals surface area contributed by atoms with Crippen molar-refractivity contribution in [3.05, 3.63) is 46.8 Å². The lowest BCUT2D eigenvalue weighted by Crippen LogP contribution is -2.21. The first-order chi connectivity index (χ1) is 9.88. The minimum absolute atomic E-state index is 0.235. The molecular formula is C15H17F2N3O. The lowest BCUT2D eigenvalue weighted by molar-refractivity contribution is -0.117. The molecule has 0 radical (unpaired) electrons. The van der Waals surface area contributed by atoms with E-state index in [0.717, 1.165) is 15.8 Å². The summed E-state index contributed by atoms with van der Waals surface area (Å²) < 4.78 is 26.7. The Balaban J connectivity index is 2.14. The van der Waals surface area contributed by atoms with E-state index in [9.17, 15) is 13.6 Å². The van der Waals surface area contributed by atoms with E-state index in [1.54, 1.807) is 13.0 Å². The number of alkyl halides is 2. The third-order valence-electron chi connectivity index (χ3n) is 3.33. The molecule has 0 spiro atoms. The van der Waals surface area contributed by atoms with Gasteiger partial charge in [0.15, 0.2) is 0 Å². The van der Waals surface area contributed by atoms with Crippen molar-refractivity contribution in [2.45, 2.75) is 33.7 Å². The number of aromatic nitrogens is 2. The minimum atomic E-state index is -2.65. The van der Waals surface area contributed by atoms with Gasteiger partial charge in [-0.15, -0.1) is 0 Å². The maximum Gasteiger partial charge on any atom is 0.280 e. The fourth-order valence-electron chi connectivity index (χ4n) is 2.08. The van der Waals surface area contributed by atoms with Gasteiger partial charge in [0.2, 0.25) is 5.91 Å². The van der Waals surface area contributed by atoms with Gasteiger partial charge in [-0.2, -0.15) is 5.10 Å². The number of anilines is 1. The molecule has 0 bridgehead atoms. The number of carbonyl (C=O) groups excluding carboxylic acids is 1. The Morgan fingerprint density at radius 2 is 2.05 bits per heavy atom. The van der Waals surface area contributed by atoms with Gasteiger partial charge >= 0.3 is 0 Å². The van der Waals surface area contributed by atoms with E-state index in [1.165, 1.54) is 6.07 Å². The molecule has 0 aliphatic carbocycles. The van der Waals surface area contributed by atoms with Gasteiger partial charge in [0.05, 0.1) is 5.69 Å². The molecule has 0 fully saturated rings. The number of hydrogen-bond acceptors (Lipinski definition) is 2. The van der Waals surface area contributed by atoms with E-state index < -0.39 is 6.43 Å². The maximum atomic E-state index is 12.8. The molecule has 0 saturated carbocycles. The third kappa shape index (κ3) is 3.45. The second-order valence-electron chi connectivity index (χ2n) is 4.96. The summed E-state index contributed by atoms with van der Waals surface area (Å²) in [6.45, 7) is 5.22. The largest absolute Gasteiger partial charge is 0.324 e.